The van der Waals surface area contributed by atoms with Gasteiger partial charge in [-0.3, -0.25) is 5.21 Å². The molecule has 0 saturated carbocycles. The van der Waals surface area contributed by atoms with Crippen LogP contribution in [0.25, 0.3) is 0 Å². The molecule has 1 aliphatic rings. The first-order chi connectivity index (χ1) is 6.03. The van der Waals surface area contributed by atoms with Gasteiger partial charge in [0.15, 0.2) is 0 Å². The third-order valence-electron chi connectivity index (χ3n) is 2.11. The van der Waals surface area contributed by atoms with E-state index in [-0.39, 0.29) is 17.6 Å². The Morgan fingerprint density at radius 3 is 2.92 bits per heavy atom. The molecule has 13 heavy (non-hydrogen) atoms. The Kier molecular flexibility index (Phi) is 3.11. The predicted molar refractivity (Wildman–Crippen MR) is 49.6 cm³/mol. The molecule has 0 aromatic carbocycles. The van der Waals surface area contributed by atoms with Gasteiger partial charge in [0.25, 0.3) is 0 Å². The van der Waals surface area contributed by atoms with E-state index in [0.29, 0.717) is 6.61 Å². The number of ether oxygens (including phenoxy) is 1. The average Bonchev–Trinajstić information content (AvgIpc) is 2.02. The van der Waals surface area contributed by atoms with E-state index >= 15 is 0 Å². The lowest BCUT2D eigenvalue weighted by atomic mass is 9.94. The van der Waals surface area contributed by atoms with Crippen LogP contribution in [0.2, 0.25) is 0 Å². The lowest BCUT2D eigenvalue weighted by Crippen LogP contribution is -2.38. The van der Waals surface area contributed by atoms with Crippen molar-refractivity contribution in [3.63, 3.8) is 0 Å². The van der Waals surface area contributed by atoms with Crippen LogP contribution in [-0.4, -0.2) is 29.4 Å². The van der Waals surface area contributed by atoms with Crippen LogP contribution in [0.3, 0.4) is 0 Å². The van der Waals surface area contributed by atoms with Crippen LogP contribution in [0.1, 0.15) is 26.7 Å². The summed E-state index contributed by atoms with van der Waals surface area (Å²) in [5, 5.41) is 8.46. The second kappa shape index (κ2) is 3.93. The molecular weight excluding hydrogens is 170 g/mol. The number of guanidine groups is 1. The van der Waals surface area contributed by atoms with Gasteiger partial charge < -0.3 is 10.5 Å². The van der Waals surface area contributed by atoms with Crippen LogP contribution in [0.4, 0.5) is 0 Å². The molecule has 5 heteroatoms. The van der Waals surface area contributed by atoms with Gasteiger partial charge in [-0.25, -0.2) is 10.5 Å². The van der Waals surface area contributed by atoms with Crippen molar-refractivity contribution in [3.05, 3.63) is 0 Å². The molecule has 0 radical (unpaired) electrons. The minimum Gasteiger partial charge on any atom is -0.375 e. The lowest BCUT2D eigenvalue weighted by Gasteiger charge is -2.33. The van der Waals surface area contributed by atoms with Gasteiger partial charge in [0.2, 0.25) is 5.96 Å². The normalized spacial score (nSPS) is 28.5. The van der Waals surface area contributed by atoms with E-state index in [9.17, 15) is 0 Å². The molecule has 1 unspecified atom stereocenters. The molecule has 1 atom stereocenters. The molecule has 0 aromatic rings. The number of rotatable bonds is 1. The summed E-state index contributed by atoms with van der Waals surface area (Å²) in [4.78, 5) is 4.10. The summed E-state index contributed by atoms with van der Waals surface area (Å²) in [6.45, 7) is 4.74. The summed E-state index contributed by atoms with van der Waals surface area (Å²) in [6.07, 6.45) is 1.68. The third kappa shape index (κ3) is 3.20. The first kappa shape index (κ1) is 10.3. The second-order valence-corrected chi connectivity index (χ2v) is 3.88. The monoisotopic (exact) mass is 187 g/mol. The maximum atomic E-state index is 8.46. The van der Waals surface area contributed by atoms with E-state index in [4.69, 9.17) is 15.7 Å². The van der Waals surface area contributed by atoms with Crippen molar-refractivity contribution < 1.29 is 9.94 Å². The smallest absolute Gasteiger partial charge is 0.213 e. The number of aliphatic imine (C=N–C) groups is 1. The summed E-state index contributed by atoms with van der Waals surface area (Å²) in [5.41, 5.74) is 7.03. The van der Waals surface area contributed by atoms with Crippen molar-refractivity contribution in [1.82, 2.24) is 5.48 Å². The molecular formula is C8H17N3O2. The number of nitrogens with zero attached hydrogens (tertiary/aromatic N) is 1. The Bertz CT molecular complexity index is 204. The zero-order chi connectivity index (χ0) is 9.90. The van der Waals surface area contributed by atoms with Crippen molar-refractivity contribution in [2.24, 2.45) is 10.7 Å². The maximum Gasteiger partial charge on any atom is 0.213 e. The minimum absolute atomic E-state index is 0.0719. The highest BCUT2D eigenvalue weighted by Gasteiger charge is 2.28. The molecule has 1 rings (SSSR count). The van der Waals surface area contributed by atoms with Gasteiger partial charge in [0.05, 0.1) is 11.6 Å². The summed E-state index contributed by atoms with van der Waals surface area (Å²) in [5.74, 6) is 0.0719. The van der Waals surface area contributed by atoms with Crippen molar-refractivity contribution in [1.29, 1.82) is 0 Å². The highest BCUT2D eigenvalue weighted by atomic mass is 16.5. The molecule has 76 valence electrons. The van der Waals surface area contributed by atoms with Gasteiger partial charge >= 0.3 is 0 Å². The van der Waals surface area contributed by atoms with E-state index in [1.54, 1.807) is 0 Å². The molecule has 0 bridgehead atoms. The largest absolute Gasteiger partial charge is 0.375 e. The molecule has 0 aromatic heterocycles. The molecule has 0 aliphatic carbocycles. The first-order valence-electron chi connectivity index (χ1n) is 4.41. The van der Waals surface area contributed by atoms with E-state index in [1.807, 2.05) is 19.3 Å². The highest BCUT2D eigenvalue weighted by Crippen LogP contribution is 2.25. The standard InChI is InChI=1S/C8H17N3O2/c1-8(2)5-6(3-4-13-8)10-7(9)11-12/h6,12H,3-5H2,1-2H3,(H3,9,10,11). The van der Waals surface area contributed by atoms with Crippen LogP contribution in [0.15, 0.2) is 4.99 Å². The molecule has 1 heterocycles. The van der Waals surface area contributed by atoms with Gasteiger partial charge in [-0.15, -0.1) is 0 Å². The zero-order valence-electron chi connectivity index (χ0n) is 8.08. The Labute approximate surface area is 77.9 Å². The van der Waals surface area contributed by atoms with Crippen LogP contribution in [0.5, 0.6) is 0 Å². The van der Waals surface area contributed by atoms with Gasteiger partial charge in [-0.05, 0) is 26.7 Å². The molecule has 4 N–H and O–H groups in total. The number of hydrogen-bond acceptors (Lipinski definition) is 3. The van der Waals surface area contributed by atoms with Gasteiger partial charge in [0, 0.05) is 6.61 Å². The minimum atomic E-state index is -0.137. The number of nitrogens with two attached hydrogens (primary N) is 1. The fourth-order valence-electron chi connectivity index (χ4n) is 1.54. The second-order valence-electron chi connectivity index (χ2n) is 3.88. The van der Waals surface area contributed by atoms with E-state index < -0.39 is 0 Å². The molecule has 0 spiro atoms. The summed E-state index contributed by atoms with van der Waals surface area (Å²) < 4.78 is 5.52. The van der Waals surface area contributed by atoms with Gasteiger partial charge in [-0.1, -0.05) is 0 Å². The fourth-order valence-corrected chi connectivity index (χ4v) is 1.54. The molecule has 5 nitrogen and oxygen atoms in total. The van der Waals surface area contributed by atoms with Crippen molar-refractivity contribution in [2.75, 3.05) is 6.61 Å². The van der Waals surface area contributed by atoms with Crippen LogP contribution in [-0.2, 0) is 4.74 Å². The van der Waals surface area contributed by atoms with Crippen LogP contribution < -0.4 is 11.2 Å². The Morgan fingerprint density at radius 2 is 2.38 bits per heavy atom. The summed E-state index contributed by atoms with van der Waals surface area (Å²) in [6, 6.07) is 0.142. The Morgan fingerprint density at radius 1 is 1.69 bits per heavy atom. The number of hydroxylamine groups is 1. The van der Waals surface area contributed by atoms with Crippen molar-refractivity contribution in [2.45, 2.75) is 38.3 Å². The van der Waals surface area contributed by atoms with E-state index in [1.165, 1.54) is 0 Å². The summed E-state index contributed by atoms with van der Waals surface area (Å²) >= 11 is 0. The zero-order valence-corrected chi connectivity index (χ0v) is 8.08. The lowest BCUT2D eigenvalue weighted by molar-refractivity contribution is -0.0576. The van der Waals surface area contributed by atoms with Crippen molar-refractivity contribution in [3.8, 4) is 0 Å². The number of hydrogen-bond donors (Lipinski definition) is 3. The van der Waals surface area contributed by atoms with Crippen LogP contribution >= 0.6 is 0 Å². The summed E-state index contributed by atoms with van der Waals surface area (Å²) in [7, 11) is 0. The number of nitrogens with one attached hydrogen (secondary N) is 1. The molecule has 1 saturated heterocycles. The fraction of sp³-hybridized carbons (Fsp3) is 0.875. The quantitative estimate of drug-likeness (QED) is 0.312. The third-order valence-corrected chi connectivity index (χ3v) is 2.11. The average molecular weight is 187 g/mol. The molecule has 0 amide bonds. The van der Waals surface area contributed by atoms with Crippen LogP contribution in [0, 0.1) is 0 Å². The Hall–Kier alpha value is -0.810. The van der Waals surface area contributed by atoms with Gasteiger partial charge in [-0.2, -0.15) is 0 Å². The van der Waals surface area contributed by atoms with Crippen molar-refractivity contribution >= 4 is 5.96 Å². The molecule has 1 aliphatic heterocycles. The van der Waals surface area contributed by atoms with E-state index in [2.05, 4.69) is 4.99 Å². The Balaban J connectivity index is 2.52. The highest BCUT2D eigenvalue weighted by molar-refractivity contribution is 5.76. The SMILES string of the molecule is CC1(C)CC(N=C(N)NO)CCO1. The maximum absolute atomic E-state index is 8.46. The molecule has 1 fully saturated rings. The van der Waals surface area contributed by atoms with E-state index in [0.717, 1.165) is 12.8 Å². The first-order valence-corrected chi connectivity index (χ1v) is 4.41. The topological polar surface area (TPSA) is 79.9 Å². The predicted octanol–water partition coefficient (Wildman–Crippen LogP) is 0.237. The van der Waals surface area contributed by atoms with Gasteiger partial charge in [0.1, 0.15) is 0 Å².